The molecule has 1 saturated heterocycles. The van der Waals surface area contributed by atoms with Crippen molar-refractivity contribution in [1.29, 1.82) is 0 Å². The number of nitro benzene ring substituents is 1. The number of rotatable bonds is 4. The molecule has 1 aromatic carbocycles. The summed E-state index contributed by atoms with van der Waals surface area (Å²) in [6.07, 6.45) is 2.30. The van der Waals surface area contributed by atoms with Crippen LogP contribution in [0.5, 0.6) is 0 Å². The van der Waals surface area contributed by atoms with Crippen molar-refractivity contribution in [3.63, 3.8) is 0 Å². The Kier molecular flexibility index (Phi) is 4.93. The summed E-state index contributed by atoms with van der Waals surface area (Å²) in [5.41, 5.74) is -0.468. The Morgan fingerprint density at radius 1 is 1.26 bits per heavy atom. The van der Waals surface area contributed by atoms with Crippen LogP contribution in [-0.2, 0) is 21.4 Å². The lowest BCUT2D eigenvalue weighted by Crippen LogP contribution is -2.51. The predicted octanol–water partition coefficient (Wildman–Crippen LogP) is -0.591. The fourth-order valence-electron chi connectivity index (χ4n) is 2.89. The van der Waals surface area contributed by atoms with Crippen molar-refractivity contribution >= 4 is 32.5 Å². The average Bonchev–Trinajstić information content (AvgIpc) is 2.63. The smallest absolute Gasteiger partial charge is 0.271 e. The number of hydrogen-bond acceptors (Lipinski definition) is 7. The first kappa shape index (κ1) is 18.9. The zero-order chi connectivity index (χ0) is 19.8. The van der Waals surface area contributed by atoms with Gasteiger partial charge in [0.1, 0.15) is 6.54 Å². The highest BCUT2D eigenvalue weighted by Crippen LogP contribution is 2.16. The highest BCUT2D eigenvalue weighted by atomic mass is 32.2. The van der Waals surface area contributed by atoms with E-state index in [9.17, 15) is 28.1 Å². The Morgan fingerprint density at radius 3 is 2.52 bits per heavy atom. The first-order valence-electron chi connectivity index (χ1n) is 8.03. The normalized spacial score (nSPS) is 15.8. The maximum absolute atomic E-state index is 12.5. The molecule has 1 aliphatic heterocycles. The molecule has 0 atom stereocenters. The summed E-state index contributed by atoms with van der Waals surface area (Å²) in [6, 6.07) is 3.73. The molecule has 144 valence electrons. The number of amides is 1. The topological polar surface area (TPSA) is 136 Å². The van der Waals surface area contributed by atoms with E-state index in [2.05, 4.69) is 4.98 Å². The summed E-state index contributed by atoms with van der Waals surface area (Å²) in [7, 11) is -3.29. The van der Waals surface area contributed by atoms with Gasteiger partial charge in [0.2, 0.25) is 15.9 Å². The van der Waals surface area contributed by atoms with Gasteiger partial charge in [0, 0.05) is 38.3 Å². The molecule has 0 radical (unpaired) electrons. The number of benzene rings is 1. The third kappa shape index (κ3) is 3.95. The van der Waals surface area contributed by atoms with Crippen molar-refractivity contribution in [2.45, 2.75) is 6.54 Å². The molecule has 12 heteroatoms. The van der Waals surface area contributed by atoms with Gasteiger partial charge in [-0.3, -0.25) is 24.3 Å². The van der Waals surface area contributed by atoms with Crippen molar-refractivity contribution < 1.29 is 18.1 Å². The summed E-state index contributed by atoms with van der Waals surface area (Å²) in [6.45, 7) is 0.664. The van der Waals surface area contributed by atoms with E-state index in [0.29, 0.717) is 0 Å². The van der Waals surface area contributed by atoms with Gasteiger partial charge in [0.15, 0.2) is 0 Å². The standard InChI is InChI=1S/C15H17N5O6S/c1-27(25,26)19-6-4-17(5-7-19)14(21)9-18-10-16-13-8-11(20(23)24)2-3-12(13)15(18)22/h2-3,8,10H,4-7,9H2,1H3. The van der Waals surface area contributed by atoms with Crippen LogP contribution in [0.25, 0.3) is 10.9 Å². The third-order valence-electron chi connectivity index (χ3n) is 4.39. The van der Waals surface area contributed by atoms with Crippen molar-refractivity contribution in [3.05, 3.63) is 45.0 Å². The van der Waals surface area contributed by atoms with Crippen molar-refractivity contribution in [2.24, 2.45) is 0 Å². The Hall–Kier alpha value is -2.86. The first-order valence-corrected chi connectivity index (χ1v) is 9.88. The lowest BCUT2D eigenvalue weighted by atomic mass is 10.2. The van der Waals surface area contributed by atoms with Gasteiger partial charge in [-0.1, -0.05) is 0 Å². The van der Waals surface area contributed by atoms with Crippen molar-refractivity contribution in [3.8, 4) is 0 Å². The number of sulfonamides is 1. The third-order valence-corrected chi connectivity index (χ3v) is 5.69. The molecular weight excluding hydrogens is 378 g/mol. The number of aromatic nitrogens is 2. The maximum atomic E-state index is 12.5. The number of non-ortho nitro benzene ring substituents is 1. The largest absolute Gasteiger partial charge is 0.338 e. The van der Waals surface area contributed by atoms with Gasteiger partial charge in [-0.05, 0) is 6.07 Å². The summed E-state index contributed by atoms with van der Waals surface area (Å²) in [4.78, 5) is 40.7. The number of nitrogens with zero attached hydrogens (tertiary/aromatic N) is 5. The highest BCUT2D eigenvalue weighted by Gasteiger charge is 2.26. The maximum Gasteiger partial charge on any atom is 0.271 e. The van der Waals surface area contributed by atoms with Crippen molar-refractivity contribution in [2.75, 3.05) is 32.4 Å². The number of hydrogen-bond donors (Lipinski definition) is 0. The zero-order valence-electron chi connectivity index (χ0n) is 14.4. The van der Waals surface area contributed by atoms with E-state index < -0.39 is 20.5 Å². The van der Waals surface area contributed by atoms with Crippen LogP contribution in [0, 0.1) is 10.1 Å². The van der Waals surface area contributed by atoms with E-state index in [-0.39, 0.29) is 55.2 Å². The second kappa shape index (κ2) is 7.04. The SMILES string of the molecule is CS(=O)(=O)N1CCN(C(=O)Cn2cnc3cc([N+](=O)[O-])ccc3c2=O)CC1. The van der Waals surface area contributed by atoms with Gasteiger partial charge < -0.3 is 4.90 Å². The monoisotopic (exact) mass is 395 g/mol. The molecule has 0 unspecified atom stereocenters. The van der Waals surface area contributed by atoms with Crippen LogP contribution in [0.3, 0.4) is 0 Å². The Labute approximate surface area is 154 Å². The molecule has 1 amide bonds. The molecule has 2 heterocycles. The van der Waals surface area contributed by atoms with Crippen molar-refractivity contribution in [1.82, 2.24) is 18.8 Å². The number of nitro groups is 1. The van der Waals surface area contributed by atoms with Gasteiger partial charge in [0.25, 0.3) is 11.2 Å². The quantitative estimate of drug-likeness (QED) is 0.498. The Balaban J connectivity index is 1.76. The summed E-state index contributed by atoms with van der Waals surface area (Å²) >= 11 is 0. The number of fused-ring (bicyclic) bond motifs is 1. The second-order valence-electron chi connectivity index (χ2n) is 6.18. The first-order chi connectivity index (χ1) is 12.7. The van der Waals surface area contributed by atoms with E-state index >= 15 is 0 Å². The molecule has 0 N–H and O–H groups in total. The van der Waals surface area contributed by atoms with Gasteiger partial charge in [-0.2, -0.15) is 4.31 Å². The number of carbonyl (C=O) groups is 1. The molecule has 0 spiro atoms. The summed E-state index contributed by atoms with van der Waals surface area (Å²) < 4.78 is 25.5. The van der Waals surface area contributed by atoms with Gasteiger partial charge in [-0.15, -0.1) is 0 Å². The molecular formula is C15H17N5O6S. The molecule has 1 fully saturated rings. The average molecular weight is 395 g/mol. The van der Waals surface area contributed by atoms with Gasteiger partial charge >= 0.3 is 0 Å². The molecule has 0 aliphatic carbocycles. The Bertz CT molecular complexity index is 1070. The van der Waals surface area contributed by atoms with Crippen LogP contribution >= 0.6 is 0 Å². The number of carbonyl (C=O) groups excluding carboxylic acids is 1. The molecule has 1 aliphatic rings. The van der Waals surface area contributed by atoms with Crippen LogP contribution in [0.4, 0.5) is 5.69 Å². The summed E-state index contributed by atoms with van der Waals surface area (Å²) in [5, 5.41) is 11.0. The number of piperazine rings is 1. The fourth-order valence-corrected chi connectivity index (χ4v) is 3.71. The highest BCUT2D eigenvalue weighted by molar-refractivity contribution is 7.88. The Morgan fingerprint density at radius 2 is 1.93 bits per heavy atom. The molecule has 0 bridgehead atoms. The van der Waals surface area contributed by atoms with Crippen LogP contribution in [0.2, 0.25) is 0 Å². The van der Waals surface area contributed by atoms with E-state index in [1.807, 2.05) is 0 Å². The van der Waals surface area contributed by atoms with Crippen LogP contribution < -0.4 is 5.56 Å². The molecule has 0 saturated carbocycles. The van der Waals surface area contributed by atoms with Crippen LogP contribution in [-0.4, -0.2) is 70.4 Å². The molecule has 1 aromatic heterocycles. The van der Waals surface area contributed by atoms with Crippen LogP contribution in [0.15, 0.2) is 29.3 Å². The van der Waals surface area contributed by atoms with Gasteiger partial charge in [0.05, 0.1) is 28.4 Å². The summed E-state index contributed by atoms with van der Waals surface area (Å²) in [5.74, 6) is -0.326. The van der Waals surface area contributed by atoms with Gasteiger partial charge in [-0.25, -0.2) is 13.4 Å². The molecule has 27 heavy (non-hydrogen) atoms. The second-order valence-corrected chi connectivity index (χ2v) is 8.16. The zero-order valence-corrected chi connectivity index (χ0v) is 15.3. The molecule has 11 nitrogen and oxygen atoms in total. The van der Waals surface area contributed by atoms with E-state index in [1.165, 1.54) is 33.7 Å². The van der Waals surface area contributed by atoms with Crippen LogP contribution in [0.1, 0.15) is 0 Å². The van der Waals surface area contributed by atoms with E-state index in [1.54, 1.807) is 0 Å². The minimum atomic E-state index is -3.29. The molecule has 3 rings (SSSR count). The van der Waals surface area contributed by atoms with E-state index in [0.717, 1.165) is 10.8 Å². The lowest BCUT2D eigenvalue weighted by Gasteiger charge is -2.33. The van der Waals surface area contributed by atoms with E-state index in [4.69, 9.17) is 0 Å². The molecule has 2 aromatic rings. The predicted molar refractivity (Wildman–Crippen MR) is 95.7 cm³/mol. The minimum Gasteiger partial charge on any atom is -0.338 e. The lowest BCUT2D eigenvalue weighted by molar-refractivity contribution is -0.384. The minimum absolute atomic E-state index is 0.174. The fraction of sp³-hybridized carbons (Fsp3) is 0.400.